The maximum absolute atomic E-state index is 12.3. The van der Waals surface area contributed by atoms with E-state index < -0.39 is 6.43 Å². The number of hydrogen-bond acceptors (Lipinski definition) is 1. The SMILES string of the molecule is CN(C)C(=O)Nc1cccc(C(F)F)c1. The van der Waals surface area contributed by atoms with Crippen LogP contribution in [0.2, 0.25) is 0 Å². The van der Waals surface area contributed by atoms with Crippen LogP contribution in [0.4, 0.5) is 19.3 Å². The van der Waals surface area contributed by atoms with E-state index in [4.69, 9.17) is 0 Å². The van der Waals surface area contributed by atoms with Crippen LogP contribution in [0.3, 0.4) is 0 Å². The molecule has 0 radical (unpaired) electrons. The average molecular weight is 214 g/mol. The minimum Gasteiger partial charge on any atom is -0.331 e. The van der Waals surface area contributed by atoms with Crippen LogP contribution < -0.4 is 5.32 Å². The smallest absolute Gasteiger partial charge is 0.321 e. The van der Waals surface area contributed by atoms with Gasteiger partial charge in [-0.1, -0.05) is 12.1 Å². The van der Waals surface area contributed by atoms with Crippen LogP contribution in [0.15, 0.2) is 24.3 Å². The Balaban J connectivity index is 2.78. The topological polar surface area (TPSA) is 32.3 Å². The summed E-state index contributed by atoms with van der Waals surface area (Å²) in [7, 11) is 3.15. The van der Waals surface area contributed by atoms with E-state index in [1.54, 1.807) is 20.2 Å². The number of rotatable bonds is 2. The fourth-order valence-corrected chi connectivity index (χ4v) is 0.987. The van der Waals surface area contributed by atoms with E-state index in [9.17, 15) is 13.6 Å². The van der Waals surface area contributed by atoms with Gasteiger partial charge in [0.15, 0.2) is 0 Å². The van der Waals surface area contributed by atoms with Crippen LogP contribution in [0.25, 0.3) is 0 Å². The Bertz CT molecular complexity index is 353. The van der Waals surface area contributed by atoms with Crippen molar-refractivity contribution in [1.29, 1.82) is 0 Å². The molecule has 15 heavy (non-hydrogen) atoms. The van der Waals surface area contributed by atoms with E-state index in [2.05, 4.69) is 5.32 Å². The molecule has 1 aromatic rings. The molecule has 0 aliphatic carbocycles. The lowest BCUT2D eigenvalue weighted by Crippen LogP contribution is -2.27. The van der Waals surface area contributed by atoms with Crippen LogP contribution in [0.1, 0.15) is 12.0 Å². The van der Waals surface area contributed by atoms with E-state index in [0.717, 1.165) is 0 Å². The molecule has 0 aliphatic heterocycles. The van der Waals surface area contributed by atoms with Crippen LogP contribution in [0.5, 0.6) is 0 Å². The number of amides is 2. The summed E-state index contributed by atoms with van der Waals surface area (Å²) >= 11 is 0. The van der Waals surface area contributed by atoms with Crippen LogP contribution in [-0.4, -0.2) is 25.0 Å². The standard InChI is InChI=1S/C10H12F2N2O/c1-14(2)10(15)13-8-5-3-4-7(6-8)9(11)12/h3-6,9H,1-2H3,(H,13,15). The molecule has 0 saturated heterocycles. The molecule has 2 amide bonds. The molecule has 0 saturated carbocycles. The third-order valence-electron chi connectivity index (χ3n) is 1.80. The van der Waals surface area contributed by atoms with Gasteiger partial charge in [-0.05, 0) is 12.1 Å². The maximum atomic E-state index is 12.3. The molecule has 0 heterocycles. The van der Waals surface area contributed by atoms with Gasteiger partial charge in [0.2, 0.25) is 0 Å². The number of hydrogen-bond donors (Lipinski definition) is 1. The molecule has 0 aliphatic rings. The molecular weight excluding hydrogens is 202 g/mol. The molecule has 1 aromatic carbocycles. The number of nitrogens with zero attached hydrogens (tertiary/aromatic N) is 1. The summed E-state index contributed by atoms with van der Waals surface area (Å²) in [5.74, 6) is 0. The molecule has 1 N–H and O–H groups in total. The summed E-state index contributed by atoms with van der Waals surface area (Å²) in [6.07, 6.45) is -2.53. The van der Waals surface area contributed by atoms with Crippen LogP contribution in [0, 0.1) is 0 Å². The first kappa shape index (κ1) is 11.4. The second-order valence-corrected chi connectivity index (χ2v) is 3.25. The Morgan fingerprint density at radius 1 is 1.40 bits per heavy atom. The Labute approximate surface area is 86.7 Å². The van der Waals surface area contributed by atoms with Crippen molar-refractivity contribution in [2.24, 2.45) is 0 Å². The monoisotopic (exact) mass is 214 g/mol. The second kappa shape index (κ2) is 4.72. The quantitative estimate of drug-likeness (QED) is 0.806. The van der Waals surface area contributed by atoms with Crippen molar-refractivity contribution in [3.05, 3.63) is 29.8 Å². The molecule has 5 heteroatoms. The number of urea groups is 1. The normalized spacial score (nSPS) is 10.2. The highest BCUT2D eigenvalue weighted by molar-refractivity contribution is 5.88. The Kier molecular flexibility index (Phi) is 3.60. The van der Waals surface area contributed by atoms with Crippen LogP contribution in [-0.2, 0) is 0 Å². The second-order valence-electron chi connectivity index (χ2n) is 3.25. The number of carbonyl (C=O) groups is 1. The van der Waals surface area contributed by atoms with Gasteiger partial charge in [-0.3, -0.25) is 0 Å². The molecule has 82 valence electrons. The Morgan fingerprint density at radius 2 is 2.07 bits per heavy atom. The first-order chi connectivity index (χ1) is 7.00. The predicted octanol–water partition coefficient (Wildman–Crippen LogP) is 2.72. The number of benzene rings is 1. The van der Waals surface area contributed by atoms with Crippen molar-refractivity contribution in [2.75, 3.05) is 19.4 Å². The van der Waals surface area contributed by atoms with Crippen molar-refractivity contribution in [3.63, 3.8) is 0 Å². The number of alkyl halides is 2. The summed E-state index contributed by atoms with van der Waals surface area (Å²) in [5, 5.41) is 2.49. The van der Waals surface area contributed by atoms with Gasteiger partial charge in [-0.15, -0.1) is 0 Å². The fraction of sp³-hybridized carbons (Fsp3) is 0.300. The van der Waals surface area contributed by atoms with Crippen molar-refractivity contribution in [2.45, 2.75) is 6.43 Å². The van der Waals surface area contributed by atoms with Crippen molar-refractivity contribution < 1.29 is 13.6 Å². The number of carbonyl (C=O) groups excluding carboxylic acids is 1. The number of anilines is 1. The number of nitrogens with one attached hydrogen (secondary N) is 1. The molecule has 0 unspecified atom stereocenters. The van der Waals surface area contributed by atoms with Gasteiger partial charge in [-0.2, -0.15) is 0 Å². The summed E-state index contributed by atoms with van der Waals surface area (Å²) < 4.78 is 24.6. The lowest BCUT2D eigenvalue weighted by Gasteiger charge is -2.12. The van der Waals surface area contributed by atoms with Gasteiger partial charge in [0.1, 0.15) is 0 Å². The molecular formula is C10H12F2N2O. The third-order valence-corrected chi connectivity index (χ3v) is 1.80. The summed E-state index contributed by atoms with van der Waals surface area (Å²) in [4.78, 5) is 12.5. The highest BCUT2D eigenvalue weighted by Gasteiger charge is 2.09. The zero-order valence-electron chi connectivity index (χ0n) is 8.50. The lowest BCUT2D eigenvalue weighted by atomic mass is 10.2. The molecule has 0 fully saturated rings. The zero-order valence-corrected chi connectivity index (χ0v) is 8.50. The zero-order chi connectivity index (χ0) is 11.4. The highest BCUT2D eigenvalue weighted by atomic mass is 19.3. The van der Waals surface area contributed by atoms with E-state index >= 15 is 0 Å². The van der Waals surface area contributed by atoms with Crippen molar-refractivity contribution in [1.82, 2.24) is 4.90 Å². The van der Waals surface area contributed by atoms with Gasteiger partial charge in [0, 0.05) is 25.3 Å². The van der Waals surface area contributed by atoms with Crippen LogP contribution >= 0.6 is 0 Å². The number of halogens is 2. The average Bonchev–Trinajstić information content (AvgIpc) is 2.18. The minimum absolute atomic E-state index is 0.105. The van der Waals surface area contributed by atoms with E-state index in [0.29, 0.717) is 5.69 Å². The first-order valence-electron chi connectivity index (χ1n) is 4.37. The summed E-state index contributed by atoms with van der Waals surface area (Å²) in [6, 6.07) is 5.27. The van der Waals surface area contributed by atoms with E-state index in [1.807, 2.05) is 0 Å². The fourth-order valence-electron chi connectivity index (χ4n) is 0.987. The first-order valence-corrected chi connectivity index (χ1v) is 4.37. The predicted molar refractivity (Wildman–Crippen MR) is 54.1 cm³/mol. The minimum atomic E-state index is -2.53. The largest absolute Gasteiger partial charge is 0.331 e. The Hall–Kier alpha value is -1.65. The van der Waals surface area contributed by atoms with Gasteiger partial charge in [0.25, 0.3) is 6.43 Å². The molecule has 0 atom stereocenters. The summed E-state index contributed by atoms with van der Waals surface area (Å²) in [6.45, 7) is 0. The summed E-state index contributed by atoms with van der Waals surface area (Å²) in [5.41, 5.74) is 0.262. The molecule has 1 rings (SSSR count). The molecule has 0 spiro atoms. The van der Waals surface area contributed by atoms with Gasteiger partial charge >= 0.3 is 6.03 Å². The van der Waals surface area contributed by atoms with E-state index in [1.165, 1.54) is 23.1 Å². The Morgan fingerprint density at radius 3 is 2.60 bits per heavy atom. The maximum Gasteiger partial charge on any atom is 0.321 e. The third kappa shape index (κ3) is 3.19. The van der Waals surface area contributed by atoms with Gasteiger partial charge in [0.05, 0.1) is 0 Å². The molecule has 3 nitrogen and oxygen atoms in total. The highest BCUT2D eigenvalue weighted by Crippen LogP contribution is 2.21. The van der Waals surface area contributed by atoms with Crippen molar-refractivity contribution in [3.8, 4) is 0 Å². The lowest BCUT2D eigenvalue weighted by molar-refractivity contribution is 0.151. The van der Waals surface area contributed by atoms with Crippen molar-refractivity contribution >= 4 is 11.7 Å². The van der Waals surface area contributed by atoms with Gasteiger partial charge < -0.3 is 10.2 Å². The molecule has 0 aromatic heterocycles. The van der Waals surface area contributed by atoms with E-state index in [-0.39, 0.29) is 11.6 Å². The molecule has 0 bridgehead atoms. The van der Waals surface area contributed by atoms with Gasteiger partial charge in [-0.25, -0.2) is 13.6 Å².